The van der Waals surface area contributed by atoms with Crippen molar-refractivity contribution in [1.82, 2.24) is 9.78 Å². The first-order valence-electron chi connectivity index (χ1n) is 7.01. The van der Waals surface area contributed by atoms with Gasteiger partial charge < -0.3 is 14.8 Å². The lowest BCUT2D eigenvalue weighted by atomic mass is 10.2. The van der Waals surface area contributed by atoms with Gasteiger partial charge in [0.1, 0.15) is 0 Å². The Hall–Kier alpha value is -2.35. The van der Waals surface area contributed by atoms with Crippen LogP contribution in [0.1, 0.15) is 12.1 Å². The number of aryl methyl sites for hydroxylation is 2. The molecule has 6 nitrogen and oxygen atoms in total. The monoisotopic (exact) mass is 359 g/mol. The van der Waals surface area contributed by atoms with Gasteiger partial charge in [0.25, 0.3) is 0 Å². The lowest BCUT2D eigenvalue weighted by Crippen LogP contribution is -2.15. The third kappa shape index (κ3) is 4.82. The largest absolute Gasteiger partial charge is 0.493 e. The summed E-state index contributed by atoms with van der Waals surface area (Å²) in [5, 5.41) is 7.34. The van der Waals surface area contributed by atoms with Crippen LogP contribution in [0.2, 0.25) is 5.02 Å². The van der Waals surface area contributed by atoms with E-state index in [-0.39, 0.29) is 23.8 Å². The summed E-state index contributed by atoms with van der Waals surface area (Å²) in [5.74, 6) is -0.265. The fraction of sp³-hybridized carbons (Fsp3) is 0.333. The van der Waals surface area contributed by atoms with E-state index in [4.69, 9.17) is 16.3 Å². The molecule has 0 fully saturated rings. The molecular formula is C15H16ClF2N3O3. The highest BCUT2D eigenvalue weighted by atomic mass is 35.5. The number of alkyl halides is 2. The van der Waals surface area contributed by atoms with Gasteiger partial charge in [0.05, 0.1) is 17.8 Å². The van der Waals surface area contributed by atoms with Gasteiger partial charge in [0.15, 0.2) is 11.5 Å². The first kappa shape index (κ1) is 18.0. The number of carbonyl (C=O) groups excluding carboxylic acids is 1. The third-order valence-electron chi connectivity index (χ3n) is 3.12. The summed E-state index contributed by atoms with van der Waals surface area (Å²) in [7, 11) is 1.32. The first-order valence-corrected chi connectivity index (χ1v) is 7.39. The average Bonchev–Trinajstić information content (AvgIpc) is 2.85. The highest BCUT2D eigenvalue weighted by Crippen LogP contribution is 2.31. The Morgan fingerprint density at radius 1 is 1.42 bits per heavy atom. The summed E-state index contributed by atoms with van der Waals surface area (Å²) in [4.78, 5) is 12.0. The molecule has 130 valence electrons. The molecule has 1 heterocycles. The highest BCUT2D eigenvalue weighted by molar-refractivity contribution is 6.31. The number of nitrogens with zero attached hydrogens (tertiary/aromatic N) is 2. The summed E-state index contributed by atoms with van der Waals surface area (Å²) in [6.07, 6.45) is 1.82. The molecule has 1 amide bonds. The van der Waals surface area contributed by atoms with Crippen molar-refractivity contribution in [2.24, 2.45) is 0 Å². The lowest BCUT2D eigenvalue weighted by molar-refractivity contribution is -0.116. The summed E-state index contributed by atoms with van der Waals surface area (Å²) in [6, 6.07) is 4.16. The van der Waals surface area contributed by atoms with E-state index in [1.54, 1.807) is 17.8 Å². The fourth-order valence-electron chi connectivity index (χ4n) is 1.99. The van der Waals surface area contributed by atoms with E-state index < -0.39 is 6.61 Å². The minimum atomic E-state index is -2.95. The number of carbonyl (C=O) groups is 1. The molecule has 0 atom stereocenters. The number of aromatic nitrogens is 2. The van der Waals surface area contributed by atoms with E-state index in [1.807, 2.05) is 0 Å². The molecule has 1 N–H and O–H groups in total. The van der Waals surface area contributed by atoms with Crippen LogP contribution in [0.5, 0.6) is 11.5 Å². The predicted octanol–water partition coefficient (Wildman–Crippen LogP) is 3.48. The van der Waals surface area contributed by atoms with E-state index >= 15 is 0 Å². The second-order valence-corrected chi connectivity index (χ2v) is 5.28. The van der Waals surface area contributed by atoms with Crippen LogP contribution in [0.3, 0.4) is 0 Å². The average molecular weight is 360 g/mol. The molecule has 0 saturated carbocycles. The second kappa shape index (κ2) is 7.96. The molecule has 0 aliphatic heterocycles. The quantitative estimate of drug-likeness (QED) is 0.822. The van der Waals surface area contributed by atoms with Gasteiger partial charge in [-0.15, -0.1) is 0 Å². The van der Waals surface area contributed by atoms with Gasteiger partial charge in [-0.05, 0) is 19.1 Å². The maximum Gasteiger partial charge on any atom is 0.387 e. The molecule has 0 saturated heterocycles. The Morgan fingerprint density at radius 2 is 2.17 bits per heavy atom. The second-order valence-electron chi connectivity index (χ2n) is 4.87. The zero-order valence-electron chi connectivity index (χ0n) is 13.1. The van der Waals surface area contributed by atoms with E-state index in [0.29, 0.717) is 22.9 Å². The van der Waals surface area contributed by atoms with Gasteiger partial charge in [0, 0.05) is 30.9 Å². The van der Waals surface area contributed by atoms with Crippen LogP contribution in [-0.2, 0) is 11.3 Å². The Kier molecular flexibility index (Phi) is 5.97. The number of halogens is 3. The number of amides is 1. The minimum Gasteiger partial charge on any atom is -0.493 e. The van der Waals surface area contributed by atoms with E-state index in [0.717, 1.165) is 0 Å². The molecule has 0 radical (unpaired) electrons. The Morgan fingerprint density at radius 3 is 2.75 bits per heavy atom. The number of hydrogen-bond donors (Lipinski definition) is 1. The predicted molar refractivity (Wildman–Crippen MR) is 84.8 cm³/mol. The van der Waals surface area contributed by atoms with Gasteiger partial charge in [-0.1, -0.05) is 11.6 Å². The van der Waals surface area contributed by atoms with Crippen molar-refractivity contribution >= 4 is 23.2 Å². The molecule has 0 aliphatic rings. The van der Waals surface area contributed by atoms with Crippen LogP contribution in [0, 0.1) is 6.92 Å². The molecule has 1 aromatic heterocycles. The molecule has 0 aliphatic carbocycles. The third-order valence-corrected chi connectivity index (χ3v) is 3.49. The van der Waals surface area contributed by atoms with E-state index in [1.165, 1.54) is 25.3 Å². The van der Waals surface area contributed by atoms with Crippen LogP contribution in [0.15, 0.2) is 24.4 Å². The fourth-order valence-corrected chi connectivity index (χ4v) is 2.14. The number of anilines is 1. The number of benzene rings is 1. The van der Waals surface area contributed by atoms with Gasteiger partial charge in [0.2, 0.25) is 5.91 Å². The highest BCUT2D eigenvalue weighted by Gasteiger charge is 2.12. The molecule has 9 heteroatoms. The summed E-state index contributed by atoms with van der Waals surface area (Å²) >= 11 is 5.90. The smallest absolute Gasteiger partial charge is 0.387 e. The van der Waals surface area contributed by atoms with Crippen LogP contribution in [-0.4, -0.2) is 29.4 Å². The van der Waals surface area contributed by atoms with Crippen molar-refractivity contribution in [3.63, 3.8) is 0 Å². The van der Waals surface area contributed by atoms with Crippen molar-refractivity contribution in [3.05, 3.63) is 35.1 Å². The van der Waals surface area contributed by atoms with Crippen LogP contribution < -0.4 is 14.8 Å². The van der Waals surface area contributed by atoms with Gasteiger partial charge >= 0.3 is 6.61 Å². The van der Waals surface area contributed by atoms with Gasteiger partial charge in [-0.3, -0.25) is 9.48 Å². The van der Waals surface area contributed by atoms with Crippen molar-refractivity contribution in [1.29, 1.82) is 0 Å². The molecular weight excluding hydrogens is 344 g/mol. The summed E-state index contributed by atoms with van der Waals surface area (Å²) in [6.45, 7) is -0.819. The molecule has 2 aromatic rings. The summed E-state index contributed by atoms with van der Waals surface area (Å²) in [5.41, 5.74) is 1.10. The molecule has 0 spiro atoms. The van der Waals surface area contributed by atoms with Gasteiger partial charge in [-0.2, -0.15) is 13.9 Å². The number of rotatable bonds is 7. The van der Waals surface area contributed by atoms with E-state index in [9.17, 15) is 13.6 Å². The van der Waals surface area contributed by atoms with Crippen molar-refractivity contribution in [3.8, 4) is 11.5 Å². The summed E-state index contributed by atoms with van der Waals surface area (Å²) < 4.78 is 35.4. The number of hydrogen-bond acceptors (Lipinski definition) is 4. The van der Waals surface area contributed by atoms with Gasteiger partial charge in [-0.25, -0.2) is 0 Å². The molecule has 1 aromatic carbocycles. The molecule has 0 bridgehead atoms. The normalized spacial score (nSPS) is 10.8. The van der Waals surface area contributed by atoms with Crippen molar-refractivity contribution < 1.29 is 23.0 Å². The van der Waals surface area contributed by atoms with Crippen molar-refractivity contribution in [2.75, 3.05) is 12.4 Å². The molecule has 0 unspecified atom stereocenters. The topological polar surface area (TPSA) is 65.4 Å². The Bertz CT molecular complexity index is 702. The number of ether oxygens (including phenoxy) is 2. The SMILES string of the molecule is COc1cc(NC(=O)CCn2cc(Cl)c(C)n2)ccc1OC(F)F. The lowest BCUT2D eigenvalue weighted by Gasteiger charge is -2.12. The molecule has 24 heavy (non-hydrogen) atoms. The number of nitrogens with one attached hydrogen (secondary N) is 1. The number of methoxy groups -OCH3 is 1. The van der Waals surface area contributed by atoms with Crippen LogP contribution in [0.4, 0.5) is 14.5 Å². The Labute approximate surface area is 142 Å². The minimum absolute atomic E-state index is 0.0996. The zero-order valence-corrected chi connectivity index (χ0v) is 13.8. The maximum atomic E-state index is 12.3. The first-order chi connectivity index (χ1) is 11.4. The van der Waals surface area contributed by atoms with Crippen molar-refractivity contribution in [2.45, 2.75) is 26.5 Å². The molecule has 2 rings (SSSR count). The maximum absolute atomic E-state index is 12.3. The Balaban J connectivity index is 1.95. The van der Waals surface area contributed by atoms with Crippen LogP contribution in [0.25, 0.3) is 0 Å². The van der Waals surface area contributed by atoms with Crippen LogP contribution >= 0.6 is 11.6 Å². The standard InChI is InChI=1S/C15H16ClF2N3O3/c1-9-11(16)8-21(20-9)6-5-14(22)19-10-3-4-12(24-15(17)18)13(7-10)23-2/h3-4,7-8,15H,5-6H2,1-2H3,(H,19,22). The van der Waals surface area contributed by atoms with E-state index in [2.05, 4.69) is 15.2 Å². The zero-order chi connectivity index (χ0) is 17.7.